The molecular formula is C63H76B2N4O6. The van der Waals surface area contributed by atoms with E-state index in [-0.39, 0.29) is 11.7 Å². The zero-order valence-electron chi connectivity index (χ0n) is 45.6. The number of amides is 1. The van der Waals surface area contributed by atoms with E-state index in [2.05, 4.69) is 112 Å². The van der Waals surface area contributed by atoms with Crippen LogP contribution in [0.1, 0.15) is 128 Å². The zero-order valence-corrected chi connectivity index (χ0v) is 45.6. The lowest BCUT2D eigenvalue weighted by molar-refractivity contribution is -0.117. The molecule has 12 heteroatoms. The summed E-state index contributed by atoms with van der Waals surface area (Å²) in [5, 5.41) is 49.6. The lowest BCUT2D eigenvalue weighted by Gasteiger charge is -2.29. The summed E-state index contributed by atoms with van der Waals surface area (Å²) in [4.78, 5) is 35.4. The summed E-state index contributed by atoms with van der Waals surface area (Å²) in [5.41, 5.74) is 18.0. The van der Waals surface area contributed by atoms with E-state index < -0.39 is 14.2 Å². The summed E-state index contributed by atoms with van der Waals surface area (Å²) < 4.78 is 0. The first-order valence-corrected chi connectivity index (χ1v) is 26.7. The number of aliphatic imine (C=N–C) groups is 1. The molecule has 5 aromatic rings. The van der Waals surface area contributed by atoms with Crippen LogP contribution in [0.15, 0.2) is 159 Å². The summed E-state index contributed by atoms with van der Waals surface area (Å²) in [6.07, 6.45) is 5.16. The zero-order chi connectivity index (χ0) is 54.1. The molecule has 1 aliphatic carbocycles. The van der Waals surface area contributed by atoms with E-state index in [9.17, 15) is 29.7 Å². The number of hydrogen-bond acceptors (Lipinski definition) is 9. The molecule has 0 fully saturated rings. The van der Waals surface area contributed by atoms with Crippen molar-refractivity contribution < 1.29 is 29.7 Å². The quantitative estimate of drug-likeness (QED) is 0.0168. The Kier molecular flexibility index (Phi) is 19.2. The third-order valence-corrected chi connectivity index (χ3v) is 15.3. The first-order chi connectivity index (χ1) is 35.9. The Morgan fingerprint density at radius 2 is 1.17 bits per heavy atom. The Hall–Kier alpha value is -6.24. The number of ketones is 1. The second kappa shape index (κ2) is 25.5. The maximum absolute atomic E-state index is 12.8. The largest absolute Gasteiger partial charge is 0.488 e. The number of hydrogen-bond donors (Lipinski definition) is 5. The van der Waals surface area contributed by atoms with Gasteiger partial charge in [-0.05, 0) is 186 Å². The Bertz CT molecular complexity index is 3180. The highest BCUT2D eigenvalue weighted by Crippen LogP contribution is 2.47. The molecule has 1 aliphatic heterocycles. The number of benzene rings is 5. The van der Waals surface area contributed by atoms with Crippen molar-refractivity contribution in [2.24, 2.45) is 4.99 Å². The molecule has 0 radical (unpaired) electrons. The maximum atomic E-state index is 12.8. The molecular weight excluding hydrogens is 930 g/mol. The van der Waals surface area contributed by atoms with Crippen LogP contribution in [-0.4, -0.2) is 81.2 Å². The van der Waals surface area contributed by atoms with Gasteiger partial charge in [0, 0.05) is 62.5 Å². The maximum Gasteiger partial charge on any atom is 0.488 e. The molecule has 5 aromatic carbocycles. The lowest BCUT2D eigenvalue weighted by Crippen LogP contribution is -2.36. The minimum absolute atomic E-state index is 0.0593. The second-order valence-corrected chi connectivity index (χ2v) is 20.7. The van der Waals surface area contributed by atoms with Crippen molar-refractivity contribution in [1.29, 1.82) is 0 Å². The summed E-state index contributed by atoms with van der Waals surface area (Å²) >= 11 is 0. The molecule has 0 saturated heterocycles. The number of carbonyl (C=O) groups excluding carboxylic acids is 2. The average Bonchev–Trinajstić information content (AvgIpc) is 3.85. The number of Topliss-reactive ketones (excluding diaryl/α,β-unsaturated/α-hetero) is 1. The van der Waals surface area contributed by atoms with Gasteiger partial charge in [-0.25, -0.2) is 0 Å². The highest BCUT2D eigenvalue weighted by molar-refractivity contribution is 6.59. The molecule has 390 valence electrons. The predicted octanol–water partition coefficient (Wildman–Crippen LogP) is 10.1. The number of rotatable bonds is 25. The van der Waals surface area contributed by atoms with Gasteiger partial charge in [0.25, 0.3) is 0 Å². The van der Waals surface area contributed by atoms with E-state index in [1.54, 1.807) is 26.0 Å². The van der Waals surface area contributed by atoms with E-state index in [0.717, 1.165) is 92.0 Å². The minimum Gasteiger partial charge on any atom is -0.423 e. The van der Waals surface area contributed by atoms with Crippen molar-refractivity contribution in [2.75, 3.05) is 19.6 Å². The monoisotopic (exact) mass is 1010 g/mol. The van der Waals surface area contributed by atoms with Crippen molar-refractivity contribution in [3.8, 4) is 0 Å². The third-order valence-electron chi connectivity index (χ3n) is 15.3. The molecule has 0 aromatic heterocycles. The van der Waals surface area contributed by atoms with Crippen LogP contribution in [0.25, 0.3) is 27.1 Å². The Morgan fingerprint density at radius 1 is 0.640 bits per heavy atom. The molecule has 0 saturated carbocycles. The van der Waals surface area contributed by atoms with Gasteiger partial charge in [-0.1, -0.05) is 118 Å². The van der Waals surface area contributed by atoms with Gasteiger partial charge in [-0.15, -0.1) is 0 Å². The van der Waals surface area contributed by atoms with Gasteiger partial charge in [0.2, 0.25) is 5.91 Å². The molecule has 7 rings (SSSR count). The normalized spacial score (nSPS) is 14.5. The van der Waals surface area contributed by atoms with Crippen LogP contribution in [0.3, 0.4) is 0 Å². The summed E-state index contributed by atoms with van der Waals surface area (Å²) in [5.74, 6) is -0.127. The molecule has 1 heterocycles. The highest BCUT2D eigenvalue weighted by Gasteiger charge is 2.29. The number of nitrogens with one attached hydrogen (secondary N) is 1. The first-order valence-electron chi connectivity index (χ1n) is 26.7. The molecule has 0 bridgehead atoms. The molecule has 0 atom stereocenters. The van der Waals surface area contributed by atoms with Gasteiger partial charge in [0.1, 0.15) is 0 Å². The summed E-state index contributed by atoms with van der Waals surface area (Å²) in [6, 6.07) is 30.4. The molecule has 1 amide bonds. The topological polar surface area (TPSA) is 146 Å². The van der Waals surface area contributed by atoms with Gasteiger partial charge in [-0.3, -0.25) is 24.4 Å². The van der Waals surface area contributed by atoms with Gasteiger partial charge >= 0.3 is 14.2 Å². The Balaban J connectivity index is 1.47. The van der Waals surface area contributed by atoms with Gasteiger partial charge < -0.3 is 25.4 Å². The molecule has 0 unspecified atom stereocenters. The summed E-state index contributed by atoms with van der Waals surface area (Å²) in [7, 11) is -3.29. The standard InChI is InChI=1S/C63H76B2N4O6/c1-11-49-42(7)34-54(43(49)8)61(62-44(9)50(12-2)45(10)67-62)46-29-30-53-55(35-46)57(39-68(32-20-19-28-60(70)40(3)4)36-47-22-13-17-26-58(47)64(72)73)52-25-16-15-24-51(52)56(53)38-69(33-21-31-66-63(71)41(5)6)37-48-23-14-18-27-59(48)65(74)75/h13-18,22-27,29-30,35,72-75H,3,5,11-12,19-21,28,31-34,36-39H2,1-2,4,6-10H3,(H,66,71)/b62-61-. The van der Waals surface area contributed by atoms with E-state index in [0.29, 0.717) is 87.1 Å². The number of fused-ring (bicyclic) bond motifs is 2. The molecule has 0 spiro atoms. The Morgan fingerprint density at radius 3 is 1.69 bits per heavy atom. The van der Waals surface area contributed by atoms with Crippen LogP contribution < -0.4 is 16.2 Å². The first kappa shape index (κ1) is 56.5. The van der Waals surface area contributed by atoms with E-state index >= 15 is 0 Å². The van der Waals surface area contributed by atoms with Crippen molar-refractivity contribution in [2.45, 2.75) is 127 Å². The van der Waals surface area contributed by atoms with Crippen molar-refractivity contribution in [3.05, 3.63) is 182 Å². The fourth-order valence-corrected chi connectivity index (χ4v) is 11.4. The average molecular weight is 1010 g/mol. The predicted molar refractivity (Wildman–Crippen MR) is 312 cm³/mol. The van der Waals surface area contributed by atoms with Crippen LogP contribution in [-0.2, 0) is 35.8 Å². The Labute approximate surface area is 446 Å². The molecule has 2 aliphatic rings. The van der Waals surface area contributed by atoms with E-state index in [1.807, 2.05) is 36.4 Å². The van der Waals surface area contributed by atoms with Gasteiger partial charge in [-0.2, -0.15) is 0 Å². The second-order valence-electron chi connectivity index (χ2n) is 20.7. The number of carbonyl (C=O) groups is 2. The number of allylic oxidation sites excluding steroid dienone is 8. The van der Waals surface area contributed by atoms with Crippen LogP contribution in [0.4, 0.5) is 0 Å². The number of unbranched alkanes of at least 4 members (excludes halogenated alkanes) is 1. The van der Waals surface area contributed by atoms with Crippen molar-refractivity contribution >= 4 is 69.7 Å². The SMILES string of the molecule is C=C(C)C(=O)CCCCN(Cc1ccccc1B(O)O)Cc1c2ccccc2c(CN(CCCNC(=O)C(=C)C)Cc2ccccc2B(O)O)c2ccc(/C(C3=C(C)C(CC)=C(C)C3)=C3/N=C(C)C(CC)=C3C)cc12. The molecule has 5 N–H and O–H groups in total. The highest BCUT2D eigenvalue weighted by atomic mass is 16.4. The van der Waals surface area contributed by atoms with Crippen LogP contribution in [0.2, 0.25) is 0 Å². The summed E-state index contributed by atoms with van der Waals surface area (Å²) in [6.45, 7) is 28.0. The van der Waals surface area contributed by atoms with Crippen molar-refractivity contribution in [1.82, 2.24) is 15.1 Å². The van der Waals surface area contributed by atoms with Crippen LogP contribution in [0.5, 0.6) is 0 Å². The minimum atomic E-state index is -1.64. The lowest BCUT2D eigenvalue weighted by atomic mass is 9.77. The number of nitrogens with zero attached hydrogens (tertiary/aromatic N) is 3. The third kappa shape index (κ3) is 13.1. The smallest absolute Gasteiger partial charge is 0.423 e. The van der Waals surface area contributed by atoms with Gasteiger partial charge in [0.05, 0.1) is 5.70 Å². The van der Waals surface area contributed by atoms with E-state index in [4.69, 9.17) is 4.99 Å². The molecule has 75 heavy (non-hydrogen) atoms. The van der Waals surface area contributed by atoms with Crippen LogP contribution >= 0.6 is 0 Å². The van der Waals surface area contributed by atoms with Crippen LogP contribution in [0, 0.1) is 0 Å². The molecule has 10 nitrogen and oxygen atoms in total. The fraction of sp³-hybridized carbons (Fsp3) is 0.349. The fourth-order valence-electron chi connectivity index (χ4n) is 11.4. The van der Waals surface area contributed by atoms with E-state index in [1.165, 1.54) is 33.4 Å². The van der Waals surface area contributed by atoms with Gasteiger partial charge in [0.15, 0.2) is 5.78 Å². The van der Waals surface area contributed by atoms with Crippen molar-refractivity contribution in [3.63, 3.8) is 0 Å².